The van der Waals surface area contributed by atoms with E-state index in [1.165, 1.54) is 83.6 Å². The molecule has 0 aromatic rings. The summed E-state index contributed by atoms with van der Waals surface area (Å²) in [7, 11) is 0. The number of unbranched alkanes of at least 4 members (excludes halogenated alkanes) is 1. The summed E-state index contributed by atoms with van der Waals surface area (Å²) in [5.74, 6) is 6.84. The monoisotopic (exact) mass is 458 g/mol. The molecule has 4 fully saturated rings. The van der Waals surface area contributed by atoms with Crippen LogP contribution >= 0.6 is 0 Å². The Hall–Kier alpha value is -0.0800. The molecule has 0 spiro atoms. The summed E-state index contributed by atoms with van der Waals surface area (Å²) in [6, 6.07) is 0.772. The maximum atomic E-state index is 5.69. The average Bonchev–Trinajstić information content (AvgIpc) is 3.14. The lowest BCUT2D eigenvalue weighted by Gasteiger charge is -2.61. The van der Waals surface area contributed by atoms with Gasteiger partial charge in [0.05, 0.1) is 0 Å². The quantitative estimate of drug-likeness (QED) is 0.328. The molecule has 4 aliphatic carbocycles. The molecule has 0 saturated heterocycles. The number of rotatable bonds is 10. The van der Waals surface area contributed by atoms with Crippen LogP contribution in [0.25, 0.3) is 0 Å². The van der Waals surface area contributed by atoms with Gasteiger partial charge in [0.1, 0.15) is 0 Å². The summed E-state index contributed by atoms with van der Waals surface area (Å²) >= 11 is 0. The summed E-state index contributed by atoms with van der Waals surface area (Å²) in [6.45, 7) is 14.9. The third-order valence-electron chi connectivity index (χ3n) is 11.9. The largest absolute Gasteiger partial charge is 0.330 e. The molecule has 3 unspecified atom stereocenters. The van der Waals surface area contributed by atoms with Crippen molar-refractivity contribution in [3.63, 3.8) is 0 Å². The van der Waals surface area contributed by atoms with Crippen molar-refractivity contribution >= 4 is 0 Å². The fraction of sp³-hybridized carbons (Fsp3) is 1.00. The molecule has 9 atom stereocenters. The lowest BCUT2D eigenvalue weighted by atomic mass is 9.44. The molecule has 4 saturated carbocycles. The summed E-state index contributed by atoms with van der Waals surface area (Å²) in [5.41, 5.74) is 6.96. The molecule has 0 radical (unpaired) electrons. The van der Waals surface area contributed by atoms with Crippen molar-refractivity contribution in [3.05, 3.63) is 0 Å². The Labute approximate surface area is 207 Å². The van der Waals surface area contributed by atoms with Gasteiger partial charge in [-0.2, -0.15) is 0 Å². The van der Waals surface area contributed by atoms with E-state index in [-0.39, 0.29) is 0 Å². The second-order valence-corrected chi connectivity index (χ2v) is 14.1. The molecular weight excluding hydrogens is 400 g/mol. The highest BCUT2D eigenvalue weighted by atomic mass is 14.9. The first-order valence-electron chi connectivity index (χ1n) is 15.2. The minimum Gasteiger partial charge on any atom is -0.330 e. The molecule has 0 amide bonds. The van der Waals surface area contributed by atoms with Crippen molar-refractivity contribution in [2.45, 2.75) is 131 Å². The van der Waals surface area contributed by atoms with Crippen LogP contribution in [0.5, 0.6) is 0 Å². The Kier molecular flexibility index (Phi) is 8.58. The standard InChI is InChI=1S/C31H58N2/c1-22(2)9-8-10-23(3)27-13-14-28-26-12-11-24-21-25(33-20-7-6-19-32)15-17-30(24,4)29(26)16-18-31(27,28)5/h22-29,33H,6-21,32H2,1-5H3/t23-,24+,25+,26?,27-,28?,29?,30+,31-/m1/s1. The van der Waals surface area contributed by atoms with Crippen molar-refractivity contribution < 1.29 is 0 Å². The molecule has 0 aromatic heterocycles. The molecule has 192 valence electrons. The van der Waals surface area contributed by atoms with Gasteiger partial charge in [0.15, 0.2) is 0 Å². The van der Waals surface area contributed by atoms with Crippen LogP contribution in [0.2, 0.25) is 0 Å². The molecule has 2 nitrogen and oxygen atoms in total. The molecular formula is C31H58N2. The predicted octanol–water partition coefficient (Wildman–Crippen LogP) is 7.80. The minimum absolute atomic E-state index is 0.626. The first-order chi connectivity index (χ1) is 15.8. The van der Waals surface area contributed by atoms with Gasteiger partial charge in [-0.3, -0.25) is 0 Å². The molecule has 0 aliphatic heterocycles. The zero-order valence-corrected chi connectivity index (χ0v) is 23.0. The van der Waals surface area contributed by atoms with Gasteiger partial charge in [-0.05, 0) is 136 Å². The van der Waals surface area contributed by atoms with Crippen LogP contribution in [0.1, 0.15) is 125 Å². The van der Waals surface area contributed by atoms with Crippen LogP contribution in [0.3, 0.4) is 0 Å². The lowest BCUT2D eigenvalue weighted by Crippen LogP contribution is -2.55. The van der Waals surface area contributed by atoms with E-state index in [0.717, 1.165) is 54.0 Å². The Morgan fingerprint density at radius 1 is 0.818 bits per heavy atom. The second kappa shape index (κ2) is 10.9. The van der Waals surface area contributed by atoms with Crippen molar-refractivity contribution in [1.82, 2.24) is 5.32 Å². The summed E-state index contributed by atoms with van der Waals surface area (Å²) < 4.78 is 0. The van der Waals surface area contributed by atoms with E-state index >= 15 is 0 Å². The van der Waals surface area contributed by atoms with Crippen LogP contribution in [-0.4, -0.2) is 19.1 Å². The Balaban J connectivity index is 1.36. The highest BCUT2D eigenvalue weighted by Gasteiger charge is 2.60. The van der Waals surface area contributed by atoms with Gasteiger partial charge < -0.3 is 11.1 Å². The van der Waals surface area contributed by atoms with Gasteiger partial charge in [0, 0.05) is 6.04 Å². The first kappa shape index (κ1) is 26.0. The van der Waals surface area contributed by atoms with Crippen LogP contribution in [-0.2, 0) is 0 Å². The summed E-state index contributed by atoms with van der Waals surface area (Å²) in [5, 5.41) is 3.91. The van der Waals surface area contributed by atoms with E-state index in [1.54, 1.807) is 12.8 Å². The van der Waals surface area contributed by atoms with Crippen molar-refractivity contribution in [2.75, 3.05) is 13.1 Å². The Morgan fingerprint density at radius 3 is 2.33 bits per heavy atom. The molecule has 0 heterocycles. The summed E-state index contributed by atoms with van der Waals surface area (Å²) in [6.07, 6.45) is 20.3. The van der Waals surface area contributed by atoms with Crippen LogP contribution in [0.4, 0.5) is 0 Å². The fourth-order valence-electron chi connectivity index (χ4n) is 10.0. The average molecular weight is 459 g/mol. The number of fused-ring (bicyclic) bond motifs is 5. The SMILES string of the molecule is CC(C)CCC[C@@H](C)[C@H]1CCC2C3CC[C@H]4C[C@@H](NCCCCN)CC[C@]4(C)C3CC[C@@]21C. The highest BCUT2D eigenvalue weighted by Crippen LogP contribution is 2.68. The Morgan fingerprint density at radius 2 is 1.58 bits per heavy atom. The highest BCUT2D eigenvalue weighted by molar-refractivity contribution is 5.10. The van der Waals surface area contributed by atoms with Gasteiger partial charge in [-0.25, -0.2) is 0 Å². The Bertz CT molecular complexity index is 616. The van der Waals surface area contributed by atoms with E-state index in [0.29, 0.717) is 10.8 Å². The third-order valence-corrected chi connectivity index (χ3v) is 11.9. The number of nitrogens with two attached hydrogens (primary N) is 1. The topological polar surface area (TPSA) is 38.0 Å². The molecule has 4 aliphatic rings. The maximum absolute atomic E-state index is 5.69. The maximum Gasteiger partial charge on any atom is 0.00701 e. The van der Waals surface area contributed by atoms with Crippen molar-refractivity contribution in [3.8, 4) is 0 Å². The van der Waals surface area contributed by atoms with Crippen molar-refractivity contribution in [2.24, 2.45) is 58.0 Å². The predicted molar refractivity (Wildman–Crippen MR) is 143 cm³/mol. The number of hydrogen-bond acceptors (Lipinski definition) is 2. The lowest BCUT2D eigenvalue weighted by molar-refractivity contribution is -0.118. The van der Waals surface area contributed by atoms with E-state index in [1.807, 2.05) is 0 Å². The van der Waals surface area contributed by atoms with Crippen LogP contribution < -0.4 is 11.1 Å². The van der Waals surface area contributed by atoms with Gasteiger partial charge in [-0.15, -0.1) is 0 Å². The van der Waals surface area contributed by atoms with Crippen molar-refractivity contribution in [1.29, 1.82) is 0 Å². The minimum atomic E-state index is 0.626. The fourth-order valence-corrected chi connectivity index (χ4v) is 10.0. The van der Waals surface area contributed by atoms with E-state index in [4.69, 9.17) is 5.73 Å². The van der Waals surface area contributed by atoms with Gasteiger partial charge in [-0.1, -0.05) is 53.9 Å². The molecule has 0 bridgehead atoms. The number of nitrogens with one attached hydrogen (secondary N) is 1. The smallest absolute Gasteiger partial charge is 0.00701 e. The molecule has 3 N–H and O–H groups in total. The molecule has 4 rings (SSSR count). The van der Waals surface area contributed by atoms with E-state index < -0.39 is 0 Å². The molecule has 33 heavy (non-hydrogen) atoms. The van der Waals surface area contributed by atoms with E-state index in [2.05, 4.69) is 39.9 Å². The zero-order chi connectivity index (χ0) is 23.6. The zero-order valence-electron chi connectivity index (χ0n) is 23.0. The summed E-state index contributed by atoms with van der Waals surface area (Å²) in [4.78, 5) is 0. The van der Waals surface area contributed by atoms with Gasteiger partial charge in [0.25, 0.3) is 0 Å². The normalized spacial score (nSPS) is 43.7. The first-order valence-corrected chi connectivity index (χ1v) is 15.2. The van der Waals surface area contributed by atoms with Crippen LogP contribution in [0, 0.1) is 52.3 Å². The van der Waals surface area contributed by atoms with Crippen LogP contribution in [0.15, 0.2) is 0 Å². The number of hydrogen-bond donors (Lipinski definition) is 2. The van der Waals surface area contributed by atoms with E-state index in [9.17, 15) is 0 Å². The second-order valence-electron chi connectivity index (χ2n) is 14.1. The van der Waals surface area contributed by atoms with Gasteiger partial charge >= 0.3 is 0 Å². The molecule has 2 heteroatoms. The van der Waals surface area contributed by atoms with Gasteiger partial charge in [0.2, 0.25) is 0 Å². The third kappa shape index (κ3) is 5.23. The molecule has 0 aromatic carbocycles.